The van der Waals surface area contributed by atoms with Crippen LogP contribution in [0.2, 0.25) is 0 Å². The van der Waals surface area contributed by atoms with E-state index in [4.69, 9.17) is 0 Å². The van der Waals surface area contributed by atoms with Gasteiger partial charge < -0.3 is 0 Å². The van der Waals surface area contributed by atoms with Gasteiger partial charge in [0.05, 0.1) is 0 Å². The number of rotatable bonds is 3. The summed E-state index contributed by atoms with van der Waals surface area (Å²) in [6.45, 7) is 6.84. The van der Waals surface area contributed by atoms with E-state index in [1.165, 1.54) is 24.8 Å². The Bertz CT molecular complexity index is 186. The summed E-state index contributed by atoms with van der Waals surface area (Å²) in [7, 11) is 0. The Balaban J connectivity index is 2.48. The minimum Gasteiger partial charge on any atom is -0.0807 e. The molecule has 68 valence electrons. The van der Waals surface area contributed by atoms with Crippen LogP contribution in [-0.2, 0) is 0 Å². The predicted octanol–water partition coefficient (Wildman–Crippen LogP) is 3.95. The van der Waals surface area contributed by atoms with E-state index in [1.54, 1.807) is 0 Å². The van der Waals surface area contributed by atoms with Crippen molar-refractivity contribution in [2.45, 2.75) is 40.0 Å². The molecule has 0 radical (unpaired) electrons. The maximum absolute atomic E-state index is 2.40. The monoisotopic (exact) mass is 164 g/mol. The third kappa shape index (κ3) is 2.23. The van der Waals surface area contributed by atoms with E-state index in [9.17, 15) is 0 Å². The van der Waals surface area contributed by atoms with Crippen molar-refractivity contribution < 1.29 is 0 Å². The van der Waals surface area contributed by atoms with Crippen LogP contribution in [0.3, 0.4) is 0 Å². The second-order valence-corrected chi connectivity index (χ2v) is 3.78. The van der Waals surface area contributed by atoms with Crippen molar-refractivity contribution >= 4 is 0 Å². The molecule has 1 aliphatic carbocycles. The molecule has 0 aromatic carbocycles. The van der Waals surface area contributed by atoms with Crippen molar-refractivity contribution in [3.63, 3.8) is 0 Å². The van der Waals surface area contributed by atoms with Crippen molar-refractivity contribution in [3.8, 4) is 0 Å². The van der Waals surface area contributed by atoms with E-state index in [-0.39, 0.29) is 0 Å². The van der Waals surface area contributed by atoms with Crippen LogP contribution in [0.15, 0.2) is 23.8 Å². The molecule has 0 heteroatoms. The van der Waals surface area contributed by atoms with Gasteiger partial charge in [-0.1, -0.05) is 51.0 Å². The highest BCUT2D eigenvalue weighted by Gasteiger charge is 2.13. The van der Waals surface area contributed by atoms with E-state index >= 15 is 0 Å². The fraction of sp³-hybridized carbons (Fsp3) is 0.667. The van der Waals surface area contributed by atoms with Crippen molar-refractivity contribution in [2.24, 2.45) is 11.8 Å². The Labute approximate surface area is 76.4 Å². The largest absolute Gasteiger partial charge is 0.0807 e. The average Bonchev–Trinajstić information content (AvgIpc) is 2.17. The van der Waals surface area contributed by atoms with E-state index in [1.807, 2.05) is 0 Å². The summed E-state index contributed by atoms with van der Waals surface area (Å²) >= 11 is 0. The van der Waals surface area contributed by atoms with Gasteiger partial charge in [0.15, 0.2) is 0 Å². The SMILES string of the molecule is CCC1=CCC(C(C)CC)C=C1. The molecule has 0 aliphatic heterocycles. The molecule has 0 fully saturated rings. The molecular weight excluding hydrogens is 144 g/mol. The van der Waals surface area contributed by atoms with Gasteiger partial charge in [-0.2, -0.15) is 0 Å². The fourth-order valence-corrected chi connectivity index (χ4v) is 1.67. The second-order valence-electron chi connectivity index (χ2n) is 3.78. The Hall–Kier alpha value is -0.520. The van der Waals surface area contributed by atoms with Gasteiger partial charge in [-0.15, -0.1) is 0 Å². The average molecular weight is 164 g/mol. The zero-order chi connectivity index (χ0) is 8.97. The molecule has 0 saturated carbocycles. The Morgan fingerprint density at radius 1 is 1.50 bits per heavy atom. The standard InChI is InChI=1S/C12H20/c1-4-10(3)12-8-6-11(5-2)7-9-12/h6-8,10,12H,4-5,9H2,1-3H3. The predicted molar refractivity (Wildman–Crippen MR) is 55.1 cm³/mol. The lowest BCUT2D eigenvalue weighted by Crippen LogP contribution is -2.09. The first-order chi connectivity index (χ1) is 5.77. The minimum atomic E-state index is 0.797. The summed E-state index contributed by atoms with van der Waals surface area (Å²) in [6.07, 6.45) is 10.8. The van der Waals surface area contributed by atoms with Crippen LogP contribution in [0.25, 0.3) is 0 Å². The van der Waals surface area contributed by atoms with Gasteiger partial charge in [-0.25, -0.2) is 0 Å². The first kappa shape index (κ1) is 9.57. The van der Waals surface area contributed by atoms with Crippen LogP contribution in [0, 0.1) is 11.8 Å². The molecule has 2 unspecified atom stereocenters. The normalized spacial score (nSPS) is 25.2. The lowest BCUT2D eigenvalue weighted by atomic mass is 9.85. The van der Waals surface area contributed by atoms with Gasteiger partial charge in [-0.3, -0.25) is 0 Å². The molecule has 0 bridgehead atoms. The van der Waals surface area contributed by atoms with Gasteiger partial charge in [0, 0.05) is 0 Å². The zero-order valence-electron chi connectivity index (χ0n) is 8.51. The van der Waals surface area contributed by atoms with E-state index in [0.29, 0.717) is 0 Å². The summed E-state index contributed by atoms with van der Waals surface area (Å²) in [5.74, 6) is 1.64. The summed E-state index contributed by atoms with van der Waals surface area (Å²) in [4.78, 5) is 0. The maximum Gasteiger partial charge on any atom is -0.0170 e. The molecule has 0 N–H and O–H groups in total. The van der Waals surface area contributed by atoms with Gasteiger partial charge in [0.25, 0.3) is 0 Å². The Morgan fingerprint density at radius 2 is 2.25 bits per heavy atom. The van der Waals surface area contributed by atoms with Crippen LogP contribution in [0.1, 0.15) is 40.0 Å². The van der Waals surface area contributed by atoms with Crippen molar-refractivity contribution in [1.29, 1.82) is 0 Å². The Kier molecular flexibility index (Phi) is 3.58. The highest BCUT2D eigenvalue weighted by molar-refractivity contribution is 5.23. The first-order valence-electron chi connectivity index (χ1n) is 5.15. The number of hydrogen-bond donors (Lipinski definition) is 0. The molecule has 1 rings (SSSR count). The van der Waals surface area contributed by atoms with Gasteiger partial charge >= 0.3 is 0 Å². The van der Waals surface area contributed by atoms with E-state index < -0.39 is 0 Å². The molecule has 0 aromatic heterocycles. The molecule has 0 heterocycles. The van der Waals surface area contributed by atoms with Gasteiger partial charge in [0.2, 0.25) is 0 Å². The van der Waals surface area contributed by atoms with Crippen LogP contribution >= 0.6 is 0 Å². The highest BCUT2D eigenvalue weighted by atomic mass is 14.2. The summed E-state index contributed by atoms with van der Waals surface area (Å²) in [5, 5.41) is 0. The second kappa shape index (κ2) is 4.49. The molecular formula is C12H20. The quantitative estimate of drug-likeness (QED) is 0.592. The molecule has 0 amide bonds. The lowest BCUT2D eigenvalue weighted by Gasteiger charge is -2.21. The van der Waals surface area contributed by atoms with Crippen molar-refractivity contribution in [2.75, 3.05) is 0 Å². The minimum absolute atomic E-state index is 0.797. The third-order valence-electron chi connectivity index (χ3n) is 2.99. The van der Waals surface area contributed by atoms with Gasteiger partial charge in [0.1, 0.15) is 0 Å². The summed E-state index contributed by atoms with van der Waals surface area (Å²) < 4.78 is 0. The van der Waals surface area contributed by atoms with Gasteiger partial charge in [-0.05, 0) is 24.7 Å². The molecule has 0 aromatic rings. The number of allylic oxidation sites excluding steroid dienone is 4. The molecule has 1 aliphatic rings. The van der Waals surface area contributed by atoms with Crippen molar-refractivity contribution in [3.05, 3.63) is 23.8 Å². The van der Waals surface area contributed by atoms with E-state index in [0.717, 1.165) is 11.8 Å². The van der Waals surface area contributed by atoms with Crippen LogP contribution < -0.4 is 0 Å². The summed E-state index contributed by atoms with van der Waals surface area (Å²) in [5.41, 5.74) is 1.51. The molecule has 2 atom stereocenters. The molecule has 0 saturated heterocycles. The molecule has 0 spiro atoms. The molecule has 12 heavy (non-hydrogen) atoms. The summed E-state index contributed by atoms with van der Waals surface area (Å²) in [6, 6.07) is 0. The van der Waals surface area contributed by atoms with Crippen LogP contribution in [-0.4, -0.2) is 0 Å². The topological polar surface area (TPSA) is 0 Å². The molecule has 0 nitrogen and oxygen atoms in total. The van der Waals surface area contributed by atoms with Crippen LogP contribution in [0.5, 0.6) is 0 Å². The first-order valence-corrected chi connectivity index (χ1v) is 5.15. The fourth-order valence-electron chi connectivity index (χ4n) is 1.67. The highest BCUT2D eigenvalue weighted by Crippen LogP contribution is 2.26. The third-order valence-corrected chi connectivity index (χ3v) is 2.99. The lowest BCUT2D eigenvalue weighted by molar-refractivity contribution is 0.416. The number of hydrogen-bond acceptors (Lipinski definition) is 0. The van der Waals surface area contributed by atoms with Crippen LogP contribution in [0.4, 0.5) is 0 Å². The Morgan fingerprint density at radius 3 is 2.67 bits per heavy atom. The van der Waals surface area contributed by atoms with Crippen molar-refractivity contribution in [1.82, 2.24) is 0 Å². The maximum atomic E-state index is 2.40. The zero-order valence-corrected chi connectivity index (χ0v) is 8.51. The smallest absolute Gasteiger partial charge is 0.0170 e. The van der Waals surface area contributed by atoms with E-state index in [2.05, 4.69) is 39.0 Å².